The number of likely N-dealkylation sites (tertiary alicyclic amines) is 1. The molecule has 1 heterocycles. The number of carbonyl (C=O) groups is 3. The predicted octanol–water partition coefficient (Wildman–Crippen LogP) is 1.82. The van der Waals surface area contributed by atoms with Gasteiger partial charge in [-0.15, -0.1) is 0 Å². The highest BCUT2D eigenvalue weighted by molar-refractivity contribution is 6.23. The first-order chi connectivity index (χ1) is 8.40. The van der Waals surface area contributed by atoms with E-state index in [1.54, 1.807) is 4.90 Å². The average Bonchev–Trinajstić information content (AvgIpc) is 2.48. The zero-order valence-electron chi connectivity index (χ0n) is 11.7. The van der Waals surface area contributed by atoms with Crippen LogP contribution in [0.3, 0.4) is 0 Å². The summed E-state index contributed by atoms with van der Waals surface area (Å²) in [7, 11) is 0. The molecule has 4 heteroatoms. The number of nitrogens with zero attached hydrogens (tertiary/aromatic N) is 1. The first-order valence-electron chi connectivity index (χ1n) is 6.74. The van der Waals surface area contributed by atoms with E-state index in [9.17, 15) is 14.4 Å². The van der Waals surface area contributed by atoms with Crippen molar-refractivity contribution in [2.45, 2.75) is 53.0 Å². The number of carbonyl (C=O) groups excluding carboxylic acids is 3. The third kappa shape index (κ3) is 2.98. The number of Topliss-reactive ketones (excluding diaryl/α,β-unsaturated/α-hetero) is 2. The summed E-state index contributed by atoms with van der Waals surface area (Å²) in [5, 5.41) is 0. The van der Waals surface area contributed by atoms with Crippen LogP contribution >= 0.6 is 0 Å². The summed E-state index contributed by atoms with van der Waals surface area (Å²) in [5.74, 6) is -1.51. The van der Waals surface area contributed by atoms with Gasteiger partial charge in [-0.2, -0.15) is 0 Å². The third-order valence-corrected chi connectivity index (χ3v) is 3.37. The lowest BCUT2D eigenvalue weighted by Gasteiger charge is -2.24. The molecule has 4 nitrogen and oxygen atoms in total. The molecule has 1 aliphatic heterocycles. The quantitative estimate of drug-likeness (QED) is 0.678. The number of unbranched alkanes of at least 4 members (excludes halogenated alkanes) is 1. The van der Waals surface area contributed by atoms with E-state index in [1.165, 1.54) is 6.92 Å². The van der Waals surface area contributed by atoms with Crippen molar-refractivity contribution in [2.75, 3.05) is 6.54 Å². The Balaban J connectivity index is 2.92. The molecular weight excluding hydrogens is 230 g/mol. The molecule has 1 fully saturated rings. The molecule has 0 radical (unpaired) electrons. The molecule has 0 N–H and O–H groups in total. The summed E-state index contributed by atoms with van der Waals surface area (Å²) < 4.78 is 0. The summed E-state index contributed by atoms with van der Waals surface area (Å²) in [6.07, 6.45) is 2.49. The van der Waals surface area contributed by atoms with Crippen LogP contribution in [0.2, 0.25) is 0 Å². The first-order valence-corrected chi connectivity index (χ1v) is 6.74. The van der Waals surface area contributed by atoms with Gasteiger partial charge >= 0.3 is 0 Å². The smallest absolute Gasteiger partial charge is 0.241 e. The molecule has 2 atom stereocenters. The monoisotopic (exact) mass is 253 g/mol. The molecule has 0 saturated carbocycles. The Morgan fingerprint density at radius 1 is 1.33 bits per heavy atom. The van der Waals surface area contributed by atoms with Gasteiger partial charge in [0.25, 0.3) is 0 Å². The standard InChI is InChI=1S/C14H23NO3/c1-5-6-7-15-11(8-9(2)3)13(17)12(10(4)16)14(15)18/h9,11-12H,5-8H2,1-4H3/t11-,12?/m0/s1. The summed E-state index contributed by atoms with van der Waals surface area (Å²) >= 11 is 0. The van der Waals surface area contributed by atoms with Crippen molar-refractivity contribution < 1.29 is 14.4 Å². The second kappa shape index (κ2) is 6.12. The van der Waals surface area contributed by atoms with E-state index < -0.39 is 12.0 Å². The maximum atomic E-state index is 12.2. The molecule has 1 amide bonds. The lowest BCUT2D eigenvalue weighted by molar-refractivity contribution is -0.138. The van der Waals surface area contributed by atoms with E-state index >= 15 is 0 Å². The Bertz CT molecular complexity index is 349. The van der Waals surface area contributed by atoms with Gasteiger partial charge in [-0.25, -0.2) is 0 Å². The van der Waals surface area contributed by atoms with Crippen molar-refractivity contribution in [1.29, 1.82) is 0 Å². The van der Waals surface area contributed by atoms with Crippen LogP contribution < -0.4 is 0 Å². The highest BCUT2D eigenvalue weighted by Crippen LogP contribution is 2.27. The van der Waals surface area contributed by atoms with Crippen molar-refractivity contribution in [3.63, 3.8) is 0 Å². The van der Waals surface area contributed by atoms with Crippen LogP contribution in [0.5, 0.6) is 0 Å². The predicted molar refractivity (Wildman–Crippen MR) is 69.0 cm³/mol. The lowest BCUT2D eigenvalue weighted by Crippen LogP contribution is -2.37. The van der Waals surface area contributed by atoms with E-state index in [1.807, 2.05) is 20.8 Å². The molecule has 18 heavy (non-hydrogen) atoms. The molecule has 1 saturated heterocycles. The van der Waals surface area contributed by atoms with Gasteiger partial charge in [-0.05, 0) is 25.7 Å². The lowest BCUT2D eigenvalue weighted by atomic mass is 9.94. The summed E-state index contributed by atoms with van der Waals surface area (Å²) in [6.45, 7) is 8.01. The van der Waals surface area contributed by atoms with Crippen molar-refractivity contribution in [1.82, 2.24) is 4.90 Å². The molecule has 0 spiro atoms. The summed E-state index contributed by atoms with van der Waals surface area (Å²) in [6, 6.07) is -0.391. The molecule has 102 valence electrons. The molecule has 0 aromatic heterocycles. The second-order valence-electron chi connectivity index (χ2n) is 5.48. The summed E-state index contributed by atoms with van der Waals surface area (Å²) in [5.41, 5.74) is 0. The third-order valence-electron chi connectivity index (χ3n) is 3.37. The van der Waals surface area contributed by atoms with Gasteiger partial charge in [0.05, 0.1) is 6.04 Å². The Morgan fingerprint density at radius 3 is 2.39 bits per heavy atom. The Hall–Kier alpha value is -1.19. The fraction of sp³-hybridized carbons (Fsp3) is 0.786. The van der Waals surface area contributed by atoms with Crippen LogP contribution in [0, 0.1) is 11.8 Å². The Labute approximate surface area is 109 Å². The highest BCUT2D eigenvalue weighted by atomic mass is 16.2. The maximum Gasteiger partial charge on any atom is 0.241 e. The summed E-state index contributed by atoms with van der Waals surface area (Å²) in [4.78, 5) is 37.4. The van der Waals surface area contributed by atoms with Crippen LogP contribution in [0.4, 0.5) is 0 Å². The average molecular weight is 253 g/mol. The molecule has 0 aromatic rings. The highest BCUT2D eigenvalue weighted by Gasteiger charge is 2.48. The second-order valence-corrected chi connectivity index (χ2v) is 5.48. The fourth-order valence-corrected chi connectivity index (χ4v) is 2.45. The van der Waals surface area contributed by atoms with Crippen LogP contribution in [-0.4, -0.2) is 35.0 Å². The Kier molecular flexibility index (Phi) is 5.05. The number of hydrogen-bond acceptors (Lipinski definition) is 3. The fourth-order valence-electron chi connectivity index (χ4n) is 2.45. The molecule has 1 unspecified atom stereocenters. The largest absolute Gasteiger partial charge is 0.332 e. The van der Waals surface area contributed by atoms with Crippen LogP contribution in [0.15, 0.2) is 0 Å². The molecule has 0 aliphatic carbocycles. The zero-order valence-corrected chi connectivity index (χ0v) is 11.7. The van der Waals surface area contributed by atoms with Crippen molar-refractivity contribution >= 4 is 17.5 Å². The minimum atomic E-state index is -1.04. The molecule has 1 rings (SSSR count). The minimum absolute atomic E-state index is 0.197. The van der Waals surface area contributed by atoms with Gasteiger partial charge in [0.1, 0.15) is 5.78 Å². The van der Waals surface area contributed by atoms with Crippen LogP contribution in [0.1, 0.15) is 47.0 Å². The number of ketones is 2. The van der Waals surface area contributed by atoms with Gasteiger partial charge in [0.2, 0.25) is 5.91 Å². The van der Waals surface area contributed by atoms with E-state index in [0.717, 1.165) is 12.8 Å². The first kappa shape index (κ1) is 14.9. The molecular formula is C14H23NO3. The van der Waals surface area contributed by atoms with Crippen molar-refractivity contribution in [2.24, 2.45) is 11.8 Å². The van der Waals surface area contributed by atoms with Crippen LogP contribution in [0.25, 0.3) is 0 Å². The maximum absolute atomic E-state index is 12.2. The Morgan fingerprint density at radius 2 is 1.94 bits per heavy atom. The zero-order chi connectivity index (χ0) is 13.9. The van der Waals surface area contributed by atoms with E-state index in [4.69, 9.17) is 0 Å². The van der Waals surface area contributed by atoms with E-state index in [2.05, 4.69) is 0 Å². The van der Waals surface area contributed by atoms with E-state index in [0.29, 0.717) is 18.9 Å². The SMILES string of the molecule is CCCCN1C(=O)C(C(C)=O)C(=O)[C@@H]1CC(C)C. The number of rotatable bonds is 6. The molecule has 0 aromatic carbocycles. The van der Waals surface area contributed by atoms with Crippen molar-refractivity contribution in [3.05, 3.63) is 0 Å². The topological polar surface area (TPSA) is 54.5 Å². The molecule has 0 bridgehead atoms. The van der Waals surface area contributed by atoms with Gasteiger partial charge in [0.15, 0.2) is 11.7 Å². The van der Waals surface area contributed by atoms with Crippen LogP contribution in [-0.2, 0) is 14.4 Å². The normalized spacial score (nSPS) is 24.2. The molecule has 1 aliphatic rings. The van der Waals surface area contributed by atoms with Gasteiger partial charge in [-0.3, -0.25) is 14.4 Å². The number of hydrogen-bond donors (Lipinski definition) is 0. The van der Waals surface area contributed by atoms with Gasteiger partial charge in [-0.1, -0.05) is 27.2 Å². The minimum Gasteiger partial charge on any atom is -0.332 e. The van der Waals surface area contributed by atoms with Crippen molar-refractivity contribution in [3.8, 4) is 0 Å². The van der Waals surface area contributed by atoms with Gasteiger partial charge < -0.3 is 4.90 Å². The van der Waals surface area contributed by atoms with Gasteiger partial charge in [0, 0.05) is 6.54 Å². The van der Waals surface area contributed by atoms with E-state index in [-0.39, 0.29) is 17.5 Å². The number of amides is 1.